The minimum absolute atomic E-state index is 0.174. The third-order valence-electron chi connectivity index (χ3n) is 1.45. The Bertz CT molecular complexity index is 87.7. The second-order valence-corrected chi connectivity index (χ2v) is 3.84. The van der Waals surface area contributed by atoms with Gasteiger partial charge >= 0.3 is 0 Å². The van der Waals surface area contributed by atoms with E-state index in [1.165, 1.54) is 0 Å². The first kappa shape index (κ1) is 10.7. The molecule has 0 heterocycles. The second-order valence-electron chi connectivity index (χ2n) is 2.96. The topological polar surface area (TPSA) is 23.5 Å². The maximum absolute atomic E-state index is 9.44. The van der Waals surface area contributed by atoms with Crippen molar-refractivity contribution in [1.29, 1.82) is 0 Å². The minimum atomic E-state index is -0.174. The van der Waals surface area contributed by atoms with Crippen molar-refractivity contribution in [2.75, 3.05) is 25.1 Å². The highest BCUT2D eigenvalue weighted by Gasteiger charge is 2.12. The van der Waals surface area contributed by atoms with Crippen molar-refractivity contribution in [3.63, 3.8) is 0 Å². The lowest BCUT2D eigenvalue weighted by atomic mass is 10.1. The molecule has 0 aromatic carbocycles. The number of alkyl halides is 1. The maximum Gasteiger partial charge on any atom is 0.0699 e. The fourth-order valence-electron chi connectivity index (χ4n) is 0.657. The molecule has 2 unspecified atom stereocenters. The van der Waals surface area contributed by atoms with Crippen LogP contribution in [0, 0.1) is 5.92 Å². The predicted molar refractivity (Wildman–Crippen MR) is 52.6 cm³/mol. The van der Waals surface area contributed by atoms with Gasteiger partial charge in [0.2, 0.25) is 0 Å². The molecule has 0 spiro atoms. The van der Waals surface area contributed by atoms with E-state index in [1.807, 2.05) is 19.0 Å². The fourth-order valence-corrected chi connectivity index (χ4v) is 1.24. The van der Waals surface area contributed by atoms with E-state index in [1.54, 1.807) is 0 Å². The zero-order chi connectivity index (χ0) is 8.15. The Morgan fingerprint density at radius 3 is 2.30 bits per heavy atom. The van der Waals surface area contributed by atoms with Crippen molar-refractivity contribution in [1.82, 2.24) is 4.90 Å². The van der Waals surface area contributed by atoms with Crippen molar-refractivity contribution in [2.45, 2.75) is 13.0 Å². The highest BCUT2D eigenvalue weighted by molar-refractivity contribution is 14.1. The van der Waals surface area contributed by atoms with Crippen LogP contribution in [0.1, 0.15) is 6.92 Å². The molecule has 0 fully saturated rings. The van der Waals surface area contributed by atoms with Crippen molar-refractivity contribution in [3.05, 3.63) is 0 Å². The number of rotatable bonds is 4. The molecule has 0 aromatic rings. The van der Waals surface area contributed by atoms with Gasteiger partial charge in [-0.05, 0) is 20.0 Å². The summed E-state index contributed by atoms with van der Waals surface area (Å²) >= 11 is 2.30. The summed E-state index contributed by atoms with van der Waals surface area (Å²) in [5.41, 5.74) is 0. The van der Waals surface area contributed by atoms with Crippen LogP contribution in [0.4, 0.5) is 0 Å². The summed E-state index contributed by atoms with van der Waals surface area (Å²) in [6, 6.07) is 0. The van der Waals surface area contributed by atoms with Gasteiger partial charge in [-0.25, -0.2) is 0 Å². The second kappa shape index (κ2) is 5.32. The molecule has 0 aliphatic heterocycles. The van der Waals surface area contributed by atoms with Crippen molar-refractivity contribution >= 4 is 22.6 Å². The average Bonchev–Trinajstić information content (AvgIpc) is 1.85. The van der Waals surface area contributed by atoms with Gasteiger partial charge in [0, 0.05) is 11.0 Å². The number of nitrogens with zero attached hydrogens (tertiary/aromatic N) is 1. The smallest absolute Gasteiger partial charge is 0.0699 e. The van der Waals surface area contributed by atoms with Crippen LogP contribution in [-0.2, 0) is 0 Å². The zero-order valence-corrected chi connectivity index (χ0v) is 9.00. The fraction of sp³-hybridized carbons (Fsp3) is 1.00. The molecule has 0 rings (SSSR count). The number of aliphatic hydroxyl groups is 1. The van der Waals surface area contributed by atoms with Crippen molar-refractivity contribution in [3.8, 4) is 0 Å². The Morgan fingerprint density at radius 2 is 2.00 bits per heavy atom. The largest absolute Gasteiger partial charge is 0.391 e. The summed E-state index contributed by atoms with van der Waals surface area (Å²) in [7, 11) is 3.95. The first-order chi connectivity index (χ1) is 4.57. The van der Waals surface area contributed by atoms with E-state index in [4.69, 9.17) is 0 Å². The van der Waals surface area contributed by atoms with Gasteiger partial charge in [-0.2, -0.15) is 0 Å². The lowest BCUT2D eigenvalue weighted by molar-refractivity contribution is 0.0974. The predicted octanol–water partition coefficient (Wildman–Crippen LogP) is 0.980. The molecule has 0 aliphatic carbocycles. The van der Waals surface area contributed by atoms with E-state index < -0.39 is 0 Å². The number of halogens is 1. The van der Waals surface area contributed by atoms with Gasteiger partial charge < -0.3 is 10.0 Å². The quantitative estimate of drug-likeness (QED) is 0.599. The molecule has 2 atom stereocenters. The Balaban J connectivity index is 3.50. The van der Waals surface area contributed by atoms with E-state index in [0.717, 1.165) is 11.0 Å². The van der Waals surface area contributed by atoms with E-state index in [-0.39, 0.29) is 6.10 Å². The first-order valence-electron chi connectivity index (χ1n) is 3.46. The molecule has 0 saturated carbocycles. The van der Waals surface area contributed by atoms with Gasteiger partial charge in [-0.3, -0.25) is 0 Å². The molecule has 0 aromatic heterocycles. The van der Waals surface area contributed by atoms with Gasteiger partial charge in [0.1, 0.15) is 0 Å². The normalized spacial score (nSPS) is 17.4. The van der Waals surface area contributed by atoms with E-state index in [2.05, 4.69) is 29.5 Å². The highest BCUT2D eigenvalue weighted by atomic mass is 127. The van der Waals surface area contributed by atoms with Crippen LogP contribution in [0.5, 0.6) is 0 Å². The molecule has 0 saturated heterocycles. The summed E-state index contributed by atoms with van der Waals surface area (Å²) < 4.78 is 1.02. The SMILES string of the molecule is CC(CI)C(O)CN(C)C. The van der Waals surface area contributed by atoms with Gasteiger partial charge in [0.15, 0.2) is 0 Å². The minimum Gasteiger partial charge on any atom is -0.391 e. The van der Waals surface area contributed by atoms with Gasteiger partial charge in [0.25, 0.3) is 0 Å². The number of hydrogen-bond acceptors (Lipinski definition) is 2. The molecule has 2 nitrogen and oxygen atoms in total. The molecule has 10 heavy (non-hydrogen) atoms. The van der Waals surface area contributed by atoms with Gasteiger partial charge in [-0.1, -0.05) is 29.5 Å². The Hall–Kier alpha value is 0.650. The number of aliphatic hydroxyl groups excluding tert-OH is 1. The summed E-state index contributed by atoms with van der Waals surface area (Å²) in [5.74, 6) is 0.406. The van der Waals surface area contributed by atoms with Crippen LogP contribution in [0.25, 0.3) is 0 Å². The molecular weight excluding hydrogens is 241 g/mol. The molecule has 0 radical (unpaired) electrons. The average molecular weight is 257 g/mol. The number of hydrogen-bond donors (Lipinski definition) is 1. The monoisotopic (exact) mass is 257 g/mol. The van der Waals surface area contributed by atoms with E-state index >= 15 is 0 Å². The molecular formula is C7H16INO. The number of likely N-dealkylation sites (N-methyl/N-ethyl adjacent to an activating group) is 1. The standard InChI is InChI=1S/C7H16INO/c1-6(4-8)7(10)5-9(2)3/h6-7,10H,4-5H2,1-3H3. The van der Waals surface area contributed by atoms with Gasteiger partial charge in [-0.15, -0.1) is 0 Å². The van der Waals surface area contributed by atoms with Crippen LogP contribution in [0.15, 0.2) is 0 Å². The molecule has 0 bridgehead atoms. The van der Waals surface area contributed by atoms with Crippen LogP contribution in [0.2, 0.25) is 0 Å². The Morgan fingerprint density at radius 1 is 1.50 bits per heavy atom. The van der Waals surface area contributed by atoms with Crippen LogP contribution < -0.4 is 0 Å². The van der Waals surface area contributed by atoms with Crippen LogP contribution in [-0.4, -0.2) is 41.2 Å². The third-order valence-corrected chi connectivity index (χ3v) is 2.84. The van der Waals surface area contributed by atoms with Crippen LogP contribution >= 0.6 is 22.6 Å². The molecule has 1 N–H and O–H groups in total. The van der Waals surface area contributed by atoms with Gasteiger partial charge in [0.05, 0.1) is 6.10 Å². The Kier molecular flexibility index (Phi) is 5.67. The lowest BCUT2D eigenvalue weighted by Crippen LogP contribution is -2.31. The van der Waals surface area contributed by atoms with E-state index in [9.17, 15) is 5.11 Å². The van der Waals surface area contributed by atoms with E-state index in [0.29, 0.717) is 5.92 Å². The molecule has 0 amide bonds. The third kappa shape index (κ3) is 4.46. The molecule has 0 aliphatic rings. The summed E-state index contributed by atoms with van der Waals surface area (Å²) in [4.78, 5) is 2.01. The zero-order valence-electron chi connectivity index (χ0n) is 6.84. The highest BCUT2D eigenvalue weighted by Crippen LogP contribution is 2.06. The summed E-state index contributed by atoms with van der Waals surface area (Å²) in [6.45, 7) is 2.84. The lowest BCUT2D eigenvalue weighted by Gasteiger charge is -2.20. The van der Waals surface area contributed by atoms with Crippen molar-refractivity contribution < 1.29 is 5.11 Å². The summed E-state index contributed by atoms with van der Waals surface area (Å²) in [5, 5.41) is 9.44. The Labute approximate surface area is 76.7 Å². The molecule has 62 valence electrons. The molecule has 3 heteroatoms. The summed E-state index contributed by atoms with van der Waals surface area (Å²) in [6.07, 6.45) is -0.174. The maximum atomic E-state index is 9.44. The van der Waals surface area contributed by atoms with Crippen LogP contribution in [0.3, 0.4) is 0 Å². The van der Waals surface area contributed by atoms with Crippen molar-refractivity contribution in [2.24, 2.45) is 5.92 Å². The first-order valence-corrected chi connectivity index (χ1v) is 4.99.